The summed E-state index contributed by atoms with van der Waals surface area (Å²) in [7, 11) is -4.07. The molecule has 0 saturated heterocycles. The molecule has 0 aliphatic rings. The molecule has 1 amide bonds. The summed E-state index contributed by atoms with van der Waals surface area (Å²) in [5, 5.41) is 2.73. The summed E-state index contributed by atoms with van der Waals surface area (Å²) in [6.45, 7) is 1.84. The van der Waals surface area contributed by atoms with Crippen LogP contribution >= 0.6 is 0 Å². The molecule has 6 nitrogen and oxygen atoms in total. The van der Waals surface area contributed by atoms with Crippen molar-refractivity contribution in [3.8, 4) is 0 Å². The van der Waals surface area contributed by atoms with Gasteiger partial charge in [-0.15, -0.1) is 0 Å². The van der Waals surface area contributed by atoms with Crippen molar-refractivity contribution in [1.82, 2.24) is 0 Å². The minimum absolute atomic E-state index is 0.0392. The molecule has 0 bridgehead atoms. The lowest BCUT2D eigenvalue weighted by Gasteiger charge is -2.15. The molecule has 4 aromatic rings. The Labute approximate surface area is 202 Å². The number of carbonyl (C=O) groups excluding carboxylic acids is 2. The fraction of sp³-hybridized carbons (Fsp3) is 0.0370. The van der Waals surface area contributed by atoms with Gasteiger partial charge in [0.25, 0.3) is 15.9 Å². The molecule has 0 fully saturated rings. The fourth-order valence-electron chi connectivity index (χ4n) is 3.48. The monoisotopic (exact) mass is 488 g/mol. The van der Waals surface area contributed by atoms with Gasteiger partial charge in [0.15, 0.2) is 5.78 Å². The Kier molecular flexibility index (Phi) is 6.75. The first-order valence-electron chi connectivity index (χ1n) is 10.6. The number of hydrogen-bond acceptors (Lipinski definition) is 4. The molecule has 176 valence electrons. The lowest BCUT2D eigenvalue weighted by atomic mass is 9.99. The Morgan fingerprint density at radius 3 is 2.11 bits per heavy atom. The zero-order valence-corrected chi connectivity index (χ0v) is 19.5. The number of aryl methyl sites for hydroxylation is 1. The summed E-state index contributed by atoms with van der Waals surface area (Å²) in [5.41, 5.74) is 2.02. The summed E-state index contributed by atoms with van der Waals surface area (Å²) in [6, 6.07) is 24.2. The number of benzene rings is 4. The molecular weight excluding hydrogens is 467 g/mol. The number of hydrogen-bond donors (Lipinski definition) is 2. The highest BCUT2D eigenvalue weighted by Gasteiger charge is 2.21. The Balaban J connectivity index is 1.64. The van der Waals surface area contributed by atoms with Crippen molar-refractivity contribution in [2.45, 2.75) is 11.8 Å². The van der Waals surface area contributed by atoms with Crippen LogP contribution in [0.5, 0.6) is 0 Å². The van der Waals surface area contributed by atoms with Crippen molar-refractivity contribution in [2.24, 2.45) is 0 Å². The van der Waals surface area contributed by atoms with Gasteiger partial charge in [-0.2, -0.15) is 0 Å². The number of sulfonamides is 1. The van der Waals surface area contributed by atoms with Gasteiger partial charge in [0, 0.05) is 11.1 Å². The molecule has 4 aromatic carbocycles. The van der Waals surface area contributed by atoms with Crippen LogP contribution in [0.4, 0.5) is 15.8 Å². The average Bonchev–Trinajstić information content (AvgIpc) is 2.85. The highest BCUT2D eigenvalue weighted by molar-refractivity contribution is 7.92. The van der Waals surface area contributed by atoms with Gasteiger partial charge in [-0.1, -0.05) is 54.1 Å². The lowest BCUT2D eigenvalue weighted by molar-refractivity contribution is 0.102. The maximum Gasteiger partial charge on any atom is 0.261 e. The van der Waals surface area contributed by atoms with E-state index in [9.17, 15) is 22.4 Å². The minimum Gasteiger partial charge on any atom is -0.321 e. The molecule has 0 atom stereocenters. The number of ketones is 1. The molecule has 0 spiro atoms. The maximum absolute atomic E-state index is 13.2. The first-order valence-corrected chi connectivity index (χ1v) is 12.1. The van der Waals surface area contributed by atoms with Crippen LogP contribution in [-0.4, -0.2) is 20.1 Å². The van der Waals surface area contributed by atoms with E-state index in [1.807, 2.05) is 6.92 Å². The highest BCUT2D eigenvalue weighted by Crippen LogP contribution is 2.25. The van der Waals surface area contributed by atoms with E-state index in [1.54, 1.807) is 60.7 Å². The van der Waals surface area contributed by atoms with Gasteiger partial charge < -0.3 is 5.32 Å². The summed E-state index contributed by atoms with van der Waals surface area (Å²) in [5.74, 6) is -1.43. The Hall–Kier alpha value is -4.30. The number of carbonyl (C=O) groups is 2. The van der Waals surface area contributed by atoms with Crippen molar-refractivity contribution in [3.05, 3.63) is 125 Å². The number of halogens is 1. The third-order valence-electron chi connectivity index (χ3n) is 5.24. The quantitative estimate of drug-likeness (QED) is 0.340. The van der Waals surface area contributed by atoms with E-state index in [0.29, 0.717) is 16.8 Å². The summed E-state index contributed by atoms with van der Waals surface area (Å²) in [6.07, 6.45) is 0. The van der Waals surface area contributed by atoms with Gasteiger partial charge in [-0.05, 0) is 55.5 Å². The van der Waals surface area contributed by atoms with E-state index in [1.165, 1.54) is 12.1 Å². The zero-order valence-electron chi connectivity index (χ0n) is 18.7. The summed E-state index contributed by atoms with van der Waals surface area (Å²) >= 11 is 0. The van der Waals surface area contributed by atoms with E-state index in [0.717, 1.165) is 29.8 Å². The van der Waals surface area contributed by atoms with E-state index in [-0.39, 0.29) is 21.9 Å². The molecule has 35 heavy (non-hydrogen) atoms. The van der Waals surface area contributed by atoms with E-state index in [4.69, 9.17) is 0 Å². The Morgan fingerprint density at radius 2 is 1.40 bits per heavy atom. The molecule has 2 N–H and O–H groups in total. The number of anilines is 2. The fourth-order valence-corrected chi connectivity index (χ4v) is 4.56. The molecule has 0 aromatic heterocycles. The molecule has 0 radical (unpaired) electrons. The number of nitrogens with one attached hydrogen (secondary N) is 2. The maximum atomic E-state index is 13.2. The average molecular weight is 489 g/mol. The van der Waals surface area contributed by atoms with Gasteiger partial charge in [0.05, 0.1) is 21.8 Å². The normalized spacial score (nSPS) is 11.0. The topological polar surface area (TPSA) is 92.3 Å². The Morgan fingerprint density at radius 1 is 0.743 bits per heavy atom. The SMILES string of the molecule is Cc1ccc(NC(=O)c2ccccc2NS(=O)(=O)c2ccc(F)cc2)c(C(=O)c2ccccc2)c1. The van der Waals surface area contributed by atoms with E-state index < -0.39 is 21.7 Å². The Bertz CT molecular complexity index is 1500. The second kappa shape index (κ2) is 9.90. The molecule has 0 unspecified atom stereocenters. The van der Waals surface area contributed by atoms with Crippen molar-refractivity contribution < 1.29 is 22.4 Å². The second-order valence-corrected chi connectivity index (χ2v) is 9.49. The van der Waals surface area contributed by atoms with Crippen LogP contribution in [0, 0.1) is 12.7 Å². The van der Waals surface area contributed by atoms with Crippen LogP contribution in [0.2, 0.25) is 0 Å². The predicted molar refractivity (Wildman–Crippen MR) is 133 cm³/mol. The number of amides is 1. The van der Waals surface area contributed by atoms with Crippen molar-refractivity contribution in [1.29, 1.82) is 0 Å². The van der Waals surface area contributed by atoms with Crippen molar-refractivity contribution in [2.75, 3.05) is 10.0 Å². The van der Waals surface area contributed by atoms with Crippen LogP contribution in [-0.2, 0) is 10.0 Å². The summed E-state index contributed by atoms with van der Waals surface area (Å²) < 4.78 is 41.1. The smallest absolute Gasteiger partial charge is 0.261 e. The van der Waals surface area contributed by atoms with Gasteiger partial charge in [-0.25, -0.2) is 12.8 Å². The molecule has 8 heteroatoms. The molecule has 0 aliphatic carbocycles. The third-order valence-corrected chi connectivity index (χ3v) is 6.63. The summed E-state index contributed by atoms with van der Waals surface area (Å²) in [4.78, 5) is 26.1. The standard InChI is InChI=1S/C27H21FN2O4S/c1-18-11-16-24(23(17-18)26(31)19-7-3-2-4-8-19)29-27(32)22-9-5-6-10-25(22)30-35(33,34)21-14-12-20(28)13-15-21/h2-17,30H,1H3,(H,29,32). The second-order valence-electron chi connectivity index (χ2n) is 7.80. The van der Waals surface area contributed by atoms with Crippen LogP contribution in [0.15, 0.2) is 102 Å². The molecule has 0 heterocycles. The first kappa shape index (κ1) is 23.8. The first-order chi connectivity index (χ1) is 16.7. The van der Waals surface area contributed by atoms with Gasteiger partial charge >= 0.3 is 0 Å². The van der Waals surface area contributed by atoms with Gasteiger partial charge in [0.1, 0.15) is 5.82 Å². The van der Waals surface area contributed by atoms with Crippen molar-refractivity contribution in [3.63, 3.8) is 0 Å². The van der Waals surface area contributed by atoms with E-state index in [2.05, 4.69) is 10.0 Å². The largest absolute Gasteiger partial charge is 0.321 e. The number of para-hydroxylation sites is 1. The lowest BCUT2D eigenvalue weighted by Crippen LogP contribution is -2.19. The molecule has 0 aliphatic heterocycles. The predicted octanol–water partition coefficient (Wildman–Crippen LogP) is 5.42. The highest BCUT2D eigenvalue weighted by atomic mass is 32.2. The van der Waals surface area contributed by atoms with Crippen LogP contribution in [0.1, 0.15) is 31.8 Å². The minimum atomic E-state index is -4.07. The third kappa shape index (κ3) is 5.44. The zero-order chi connectivity index (χ0) is 25.0. The molecule has 4 rings (SSSR count). The van der Waals surface area contributed by atoms with Gasteiger partial charge in [-0.3, -0.25) is 14.3 Å². The van der Waals surface area contributed by atoms with E-state index >= 15 is 0 Å². The molecule has 0 saturated carbocycles. The van der Waals surface area contributed by atoms with Crippen LogP contribution in [0.3, 0.4) is 0 Å². The van der Waals surface area contributed by atoms with Crippen molar-refractivity contribution >= 4 is 33.1 Å². The van der Waals surface area contributed by atoms with Gasteiger partial charge in [0.2, 0.25) is 0 Å². The van der Waals surface area contributed by atoms with Crippen LogP contribution in [0.25, 0.3) is 0 Å². The van der Waals surface area contributed by atoms with Crippen LogP contribution < -0.4 is 10.0 Å². The number of rotatable bonds is 7. The molecular formula is C27H21FN2O4S.